The van der Waals surface area contributed by atoms with Crippen LogP contribution in [0.1, 0.15) is 37.8 Å². The van der Waals surface area contributed by atoms with Crippen LogP contribution < -0.4 is 0 Å². The number of allylic oxidation sites excluding steroid dienone is 3. The number of alkyl halides is 1. The molecule has 0 aromatic heterocycles. The Morgan fingerprint density at radius 3 is 2.57 bits per heavy atom. The number of hydrogen-bond acceptors (Lipinski definition) is 3. The van der Waals surface area contributed by atoms with Crippen LogP contribution in [-0.2, 0) is 9.59 Å². The van der Waals surface area contributed by atoms with Gasteiger partial charge >= 0.3 is 11.9 Å². The predicted molar refractivity (Wildman–Crippen MR) is 110 cm³/mol. The van der Waals surface area contributed by atoms with Crippen LogP contribution in [0.25, 0.3) is 0 Å². The normalized spacial score (nSPS) is 24.5. The predicted octanol–water partition coefficient (Wildman–Crippen LogP) is 4.01. The SMILES string of the molecule is CCC1C=[N+](C(=O)CC(=O)O)CC(c2ccc(Cl)cc2)N1C1=CCC(Cl)C=C1. The maximum absolute atomic E-state index is 12.5. The van der Waals surface area contributed by atoms with E-state index in [9.17, 15) is 9.59 Å². The first-order chi connectivity index (χ1) is 13.4. The van der Waals surface area contributed by atoms with Crippen molar-refractivity contribution < 1.29 is 19.3 Å². The molecule has 148 valence electrons. The molecule has 0 fully saturated rings. The number of hydrogen-bond donors (Lipinski definition) is 1. The summed E-state index contributed by atoms with van der Waals surface area (Å²) in [6.45, 7) is 2.43. The second kappa shape index (κ2) is 8.93. The summed E-state index contributed by atoms with van der Waals surface area (Å²) in [6.07, 6.45) is 8.97. The quantitative estimate of drug-likeness (QED) is 0.443. The highest BCUT2D eigenvalue weighted by Crippen LogP contribution is 2.34. The minimum absolute atomic E-state index is 0.0137. The van der Waals surface area contributed by atoms with Gasteiger partial charge in [0.25, 0.3) is 0 Å². The standard InChI is InChI=1S/C21H22Cl2N2O3/c1-2-17-12-24(20(26)11-21(27)28)13-19(14-3-5-15(22)6-4-14)25(17)18-9-7-16(23)8-10-18/h3-7,9-10,12,16-17,19H,2,8,11,13H2,1H3/p+1. The number of aliphatic carboxylic acids is 1. The Kier molecular flexibility index (Phi) is 6.57. The van der Waals surface area contributed by atoms with Gasteiger partial charge in [0.05, 0.1) is 5.38 Å². The third-order valence-electron chi connectivity index (χ3n) is 5.04. The lowest BCUT2D eigenvalue weighted by atomic mass is 9.96. The van der Waals surface area contributed by atoms with E-state index in [0.717, 1.165) is 24.1 Å². The topological polar surface area (TPSA) is 60.6 Å². The summed E-state index contributed by atoms with van der Waals surface area (Å²) in [4.78, 5) is 25.8. The lowest BCUT2D eigenvalue weighted by Gasteiger charge is -2.40. The molecule has 3 rings (SSSR count). The van der Waals surface area contributed by atoms with Crippen LogP contribution in [0.2, 0.25) is 5.02 Å². The molecule has 1 N–H and O–H groups in total. The van der Waals surface area contributed by atoms with E-state index in [2.05, 4.69) is 17.9 Å². The molecule has 3 atom stereocenters. The summed E-state index contributed by atoms with van der Waals surface area (Å²) in [5.74, 6) is -1.53. The molecule has 1 heterocycles. The molecule has 1 aromatic carbocycles. The van der Waals surface area contributed by atoms with Gasteiger partial charge in [-0.3, -0.25) is 4.79 Å². The summed E-state index contributed by atoms with van der Waals surface area (Å²) in [5.41, 5.74) is 2.08. The van der Waals surface area contributed by atoms with E-state index in [1.165, 1.54) is 0 Å². The van der Waals surface area contributed by atoms with Gasteiger partial charge in [-0.2, -0.15) is 4.58 Å². The first kappa shape index (κ1) is 20.6. The average Bonchev–Trinajstić information content (AvgIpc) is 2.68. The van der Waals surface area contributed by atoms with Crippen molar-refractivity contribution in [2.24, 2.45) is 0 Å². The van der Waals surface area contributed by atoms with Gasteiger partial charge < -0.3 is 10.0 Å². The maximum atomic E-state index is 12.5. The molecule has 28 heavy (non-hydrogen) atoms. The van der Waals surface area contributed by atoms with Crippen molar-refractivity contribution in [3.63, 3.8) is 0 Å². The highest BCUT2D eigenvalue weighted by molar-refractivity contribution is 6.30. The van der Waals surface area contributed by atoms with E-state index in [0.29, 0.717) is 11.6 Å². The van der Waals surface area contributed by atoms with E-state index in [4.69, 9.17) is 28.3 Å². The number of carbonyl (C=O) groups excluding carboxylic acids is 1. The van der Waals surface area contributed by atoms with E-state index in [1.54, 1.807) is 4.58 Å². The van der Waals surface area contributed by atoms with Gasteiger partial charge in [0.2, 0.25) is 0 Å². The van der Waals surface area contributed by atoms with Crippen LogP contribution in [0.3, 0.4) is 0 Å². The molecule has 3 unspecified atom stereocenters. The Labute approximate surface area is 174 Å². The van der Waals surface area contributed by atoms with E-state index < -0.39 is 18.3 Å². The lowest BCUT2D eigenvalue weighted by molar-refractivity contribution is -0.461. The molecule has 0 bridgehead atoms. The van der Waals surface area contributed by atoms with Gasteiger partial charge in [-0.05, 0) is 36.6 Å². The van der Waals surface area contributed by atoms with Crippen molar-refractivity contribution in [3.8, 4) is 0 Å². The maximum Gasteiger partial charge on any atom is 0.398 e. The van der Waals surface area contributed by atoms with Gasteiger partial charge in [0, 0.05) is 10.7 Å². The monoisotopic (exact) mass is 421 g/mol. The summed E-state index contributed by atoms with van der Waals surface area (Å²) in [5, 5.41) is 9.64. The lowest BCUT2D eigenvalue weighted by Crippen LogP contribution is -2.49. The van der Waals surface area contributed by atoms with Crippen molar-refractivity contribution in [3.05, 3.63) is 58.8 Å². The molecule has 7 heteroatoms. The van der Waals surface area contributed by atoms with Crippen LogP contribution in [0.5, 0.6) is 0 Å². The smallest absolute Gasteiger partial charge is 0.398 e. The first-order valence-electron chi connectivity index (χ1n) is 9.31. The molecule has 2 aliphatic rings. The molecule has 1 aliphatic heterocycles. The molecule has 5 nitrogen and oxygen atoms in total. The fraction of sp³-hybridized carbons (Fsp3) is 0.381. The Morgan fingerprint density at radius 2 is 2.00 bits per heavy atom. The van der Waals surface area contributed by atoms with Gasteiger partial charge in [-0.1, -0.05) is 42.8 Å². The van der Waals surface area contributed by atoms with E-state index in [1.807, 2.05) is 42.6 Å². The summed E-state index contributed by atoms with van der Waals surface area (Å²) in [6, 6.07) is 7.41. The fourth-order valence-electron chi connectivity index (χ4n) is 3.66. The first-order valence-corrected chi connectivity index (χ1v) is 10.1. The Hall–Kier alpha value is -2.11. The van der Waals surface area contributed by atoms with Crippen molar-refractivity contribution in [1.82, 2.24) is 4.90 Å². The van der Waals surface area contributed by atoms with Crippen molar-refractivity contribution >= 4 is 41.3 Å². The molecule has 0 radical (unpaired) electrons. The highest BCUT2D eigenvalue weighted by Gasteiger charge is 2.39. The van der Waals surface area contributed by atoms with Gasteiger partial charge in [0.15, 0.2) is 19.2 Å². The average molecular weight is 422 g/mol. The van der Waals surface area contributed by atoms with Crippen molar-refractivity contribution in [2.45, 2.75) is 43.6 Å². The van der Waals surface area contributed by atoms with Gasteiger partial charge in [-0.15, -0.1) is 11.6 Å². The summed E-state index contributed by atoms with van der Waals surface area (Å²) in [7, 11) is 0. The highest BCUT2D eigenvalue weighted by atomic mass is 35.5. The van der Waals surface area contributed by atoms with Gasteiger partial charge in [0.1, 0.15) is 12.1 Å². The van der Waals surface area contributed by atoms with Gasteiger partial charge in [-0.25, -0.2) is 4.79 Å². The van der Waals surface area contributed by atoms with Crippen LogP contribution in [0, 0.1) is 0 Å². The third kappa shape index (κ3) is 4.65. The molecule has 1 aromatic rings. The third-order valence-corrected chi connectivity index (χ3v) is 5.61. The second-order valence-electron chi connectivity index (χ2n) is 6.96. The Morgan fingerprint density at radius 1 is 1.29 bits per heavy atom. The summed E-state index contributed by atoms with van der Waals surface area (Å²) < 4.78 is 1.55. The molecular weight excluding hydrogens is 399 g/mol. The number of benzene rings is 1. The zero-order valence-electron chi connectivity index (χ0n) is 15.6. The molecular formula is C21H23Cl2N2O3+. The zero-order chi connectivity index (χ0) is 20.3. The van der Waals surface area contributed by atoms with Crippen LogP contribution in [0.4, 0.5) is 0 Å². The molecule has 1 amide bonds. The minimum atomic E-state index is -1.12. The minimum Gasteiger partial charge on any atom is -0.481 e. The number of nitrogens with zero attached hydrogens (tertiary/aromatic N) is 2. The molecule has 0 saturated carbocycles. The number of halogens is 2. The van der Waals surface area contributed by atoms with Crippen molar-refractivity contribution in [1.29, 1.82) is 0 Å². The number of carboxylic acids is 1. The number of carbonyl (C=O) groups is 2. The number of rotatable bonds is 5. The van der Waals surface area contributed by atoms with Crippen molar-refractivity contribution in [2.75, 3.05) is 6.54 Å². The molecule has 0 saturated heterocycles. The zero-order valence-corrected chi connectivity index (χ0v) is 17.1. The van der Waals surface area contributed by atoms with E-state index >= 15 is 0 Å². The Bertz CT molecular complexity index is 846. The summed E-state index contributed by atoms with van der Waals surface area (Å²) >= 11 is 12.3. The largest absolute Gasteiger partial charge is 0.481 e. The van der Waals surface area contributed by atoms with Crippen LogP contribution in [-0.4, -0.2) is 50.6 Å². The molecule has 0 spiro atoms. The van der Waals surface area contributed by atoms with Crippen LogP contribution >= 0.6 is 23.2 Å². The van der Waals surface area contributed by atoms with E-state index in [-0.39, 0.29) is 17.5 Å². The molecule has 1 aliphatic carbocycles. The Balaban J connectivity index is 2.01. The number of carboxylic acid groups (broad SMARTS) is 1. The van der Waals surface area contributed by atoms with Crippen LogP contribution in [0.15, 0.2) is 48.2 Å². The fourth-order valence-corrected chi connectivity index (χ4v) is 3.95. The number of amides is 1. The second-order valence-corrected chi connectivity index (χ2v) is 7.95.